The monoisotopic (exact) mass is 800 g/mol. The normalized spacial score (nSPS) is 15.6. The van der Waals surface area contributed by atoms with E-state index in [0.29, 0.717) is 62.9 Å². The van der Waals surface area contributed by atoms with Crippen LogP contribution in [0.2, 0.25) is 0 Å². The molecule has 14 heteroatoms. The smallest absolute Gasteiger partial charge is 0.228 e. The predicted octanol–water partition coefficient (Wildman–Crippen LogP) is 6.20. The van der Waals surface area contributed by atoms with Gasteiger partial charge in [0.2, 0.25) is 11.9 Å². The van der Waals surface area contributed by atoms with Gasteiger partial charge in [0, 0.05) is 93.8 Å². The van der Waals surface area contributed by atoms with Crippen LogP contribution in [0.1, 0.15) is 29.2 Å². The van der Waals surface area contributed by atoms with E-state index in [1.165, 1.54) is 5.69 Å². The molecule has 58 heavy (non-hydrogen) atoms. The largest absolute Gasteiger partial charge is 0.497 e. The van der Waals surface area contributed by atoms with Crippen molar-refractivity contribution in [3.63, 3.8) is 0 Å². The van der Waals surface area contributed by atoms with Gasteiger partial charge in [0.25, 0.3) is 0 Å². The summed E-state index contributed by atoms with van der Waals surface area (Å²) in [5.41, 5.74) is 8.28. The van der Waals surface area contributed by atoms with E-state index in [2.05, 4.69) is 86.1 Å². The van der Waals surface area contributed by atoms with Crippen molar-refractivity contribution in [3.8, 4) is 22.8 Å². The van der Waals surface area contributed by atoms with E-state index in [1.807, 2.05) is 36.7 Å². The van der Waals surface area contributed by atoms with Crippen molar-refractivity contribution in [1.29, 1.82) is 0 Å². The Kier molecular flexibility index (Phi) is 12.1. The first-order chi connectivity index (χ1) is 28.4. The van der Waals surface area contributed by atoms with Crippen LogP contribution in [0.25, 0.3) is 11.3 Å². The molecule has 2 saturated heterocycles. The van der Waals surface area contributed by atoms with Crippen molar-refractivity contribution in [3.05, 3.63) is 101 Å². The number of methoxy groups -OCH3 is 2. The number of aromatic nitrogens is 4. The molecular formula is C44H52N10O3S. The van der Waals surface area contributed by atoms with Crippen LogP contribution in [-0.2, 0) is 24.2 Å². The number of ether oxygens (including phenoxy) is 3. The zero-order valence-corrected chi connectivity index (χ0v) is 34.7. The van der Waals surface area contributed by atoms with E-state index in [9.17, 15) is 0 Å². The second kappa shape index (κ2) is 17.9. The summed E-state index contributed by atoms with van der Waals surface area (Å²) in [5, 5.41) is 4.22. The summed E-state index contributed by atoms with van der Waals surface area (Å²) in [4.78, 5) is 31.7. The lowest BCUT2D eigenvalue weighted by Gasteiger charge is -2.35. The molecule has 2 aromatic heterocycles. The van der Waals surface area contributed by atoms with Gasteiger partial charge in [-0.3, -0.25) is 0 Å². The van der Waals surface area contributed by atoms with Crippen LogP contribution in [0, 0.1) is 6.92 Å². The van der Waals surface area contributed by atoms with E-state index >= 15 is 0 Å². The van der Waals surface area contributed by atoms with Crippen LogP contribution in [0.15, 0.2) is 79.1 Å². The Morgan fingerprint density at radius 3 is 2.03 bits per heavy atom. The number of hydrogen-bond donors (Lipinski definition) is 1. The van der Waals surface area contributed by atoms with Gasteiger partial charge in [0.15, 0.2) is 5.11 Å². The fraction of sp³-hybridized carbons (Fsp3) is 0.386. The minimum atomic E-state index is 0.608. The van der Waals surface area contributed by atoms with Crippen LogP contribution < -0.4 is 34.4 Å². The number of morpholine rings is 1. The number of nitrogens with one attached hydrogen (secondary N) is 1. The third kappa shape index (κ3) is 8.79. The predicted molar refractivity (Wildman–Crippen MR) is 235 cm³/mol. The van der Waals surface area contributed by atoms with Gasteiger partial charge >= 0.3 is 0 Å². The summed E-state index contributed by atoms with van der Waals surface area (Å²) >= 11 is 6.16. The third-order valence-corrected chi connectivity index (χ3v) is 11.6. The van der Waals surface area contributed by atoms with Crippen LogP contribution in [0.4, 0.5) is 29.1 Å². The molecule has 2 fully saturated rings. The third-order valence-electron chi connectivity index (χ3n) is 11.3. The van der Waals surface area contributed by atoms with Crippen molar-refractivity contribution >= 4 is 46.4 Å². The summed E-state index contributed by atoms with van der Waals surface area (Å²) < 4.78 is 16.5. The number of rotatable bonds is 12. The number of benzene rings is 3. The number of aryl methyl sites for hydroxylation is 1. The molecule has 0 saturated carbocycles. The number of likely N-dealkylation sites (N-methyl/N-ethyl adjacent to an activating group) is 1. The van der Waals surface area contributed by atoms with Gasteiger partial charge in [-0.25, -0.2) is 15.0 Å². The lowest BCUT2D eigenvalue weighted by molar-refractivity contribution is 0.122. The molecule has 13 nitrogen and oxygen atoms in total. The second-order valence-corrected chi connectivity index (χ2v) is 15.2. The minimum absolute atomic E-state index is 0.608. The summed E-state index contributed by atoms with van der Waals surface area (Å²) in [5.74, 6) is 3.72. The molecule has 0 atom stereocenters. The molecular weight excluding hydrogens is 749 g/mol. The molecule has 0 spiro atoms. The molecule has 5 heterocycles. The maximum absolute atomic E-state index is 6.16. The average Bonchev–Trinajstić information content (AvgIpc) is 3.72. The van der Waals surface area contributed by atoms with Crippen LogP contribution in [0.3, 0.4) is 0 Å². The first kappa shape index (κ1) is 39.3. The van der Waals surface area contributed by atoms with Crippen LogP contribution >= 0.6 is 12.2 Å². The van der Waals surface area contributed by atoms with E-state index < -0.39 is 0 Å². The number of piperazine rings is 1. The Labute approximate surface area is 346 Å². The van der Waals surface area contributed by atoms with Crippen molar-refractivity contribution in [1.82, 2.24) is 24.8 Å². The van der Waals surface area contributed by atoms with E-state index in [0.717, 1.165) is 95.7 Å². The molecule has 0 radical (unpaired) electrons. The summed E-state index contributed by atoms with van der Waals surface area (Å²) in [6.45, 7) is 14.2. The molecule has 0 bridgehead atoms. The highest BCUT2D eigenvalue weighted by molar-refractivity contribution is 7.80. The lowest BCUT2D eigenvalue weighted by atomic mass is 10.1. The average molecular weight is 801 g/mol. The fourth-order valence-electron chi connectivity index (χ4n) is 7.74. The van der Waals surface area contributed by atoms with Gasteiger partial charge in [0.05, 0.1) is 33.1 Å². The quantitative estimate of drug-likeness (QED) is 0.145. The van der Waals surface area contributed by atoms with Crippen molar-refractivity contribution in [2.24, 2.45) is 0 Å². The topological polar surface area (TPSA) is 107 Å². The van der Waals surface area contributed by atoms with Gasteiger partial charge in [-0.2, -0.15) is 4.98 Å². The summed E-state index contributed by atoms with van der Waals surface area (Å²) in [6.07, 6.45) is 4.51. The van der Waals surface area contributed by atoms with Gasteiger partial charge in [0.1, 0.15) is 17.3 Å². The number of nitrogens with zero attached hydrogens (tertiary/aromatic N) is 9. The number of anilines is 5. The molecule has 3 aliphatic heterocycles. The Balaban J connectivity index is 1.08. The highest BCUT2D eigenvalue weighted by Gasteiger charge is 2.31. The lowest BCUT2D eigenvalue weighted by Crippen LogP contribution is -2.46. The molecule has 302 valence electrons. The van der Waals surface area contributed by atoms with Gasteiger partial charge in [-0.05, 0) is 85.2 Å². The van der Waals surface area contributed by atoms with Crippen molar-refractivity contribution in [2.75, 3.05) is 105 Å². The zero-order chi connectivity index (χ0) is 40.0. The minimum Gasteiger partial charge on any atom is -0.497 e. The first-order valence-electron chi connectivity index (χ1n) is 20.1. The Bertz CT molecular complexity index is 2130. The molecule has 8 rings (SSSR count). The number of thiocarbonyl (C=S) groups is 1. The van der Waals surface area contributed by atoms with Crippen molar-refractivity contribution < 1.29 is 14.2 Å². The molecule has 3 aliphatic rings. The fourth-order valence-corrected chi connectivity index (χ4v) is 8.03. The standard InChI is InChI=1S/C44H52N10O3S/c1-5-50-18-20-51(21-19-50)35-11-6-31(2)39(26-35)47-44(58)54-17-16-38-40(48-43(49-41(38)54)52-22-24-57-25-23-52)34-27-45-42(46-28-34)53(29-32-7-12-36(55-3)13-8-32)30-33-9-14-37(56-4)15-10-33/h6-15,26-28H,5,16-25,29-30H2,1-4H3,(H,47,58). The maximum Gasteiger partial charge on any atom is 0.228 e. The number of hydrogen-bond acceptors (Lipinski definition) is 12. The Morgan fingerprint density at radius 2 is 1.43 bits per heavy atom. The molecule has 0 aliphatic carbocycles. The zero-order valence-electron chi connectivity index (χ0n) is 33.9. The van der Waals surface area contributed by atoms with Gasteiger partial charge < -0.3 is 44.0 Å². The van der Waals surface area contributed by atoms with Gasteiger partial charge in [-0.15, -0.1) is 0 Å². The Hall–Kier alpha value is -5.57. The van der Waals surface area contributed by atoms with E-state index in [1.54, 1.807) is 14.2 Å². The van der Waals surface area contributed by atoms with Crippen LogP contribution in [-0.4, -0.2) is 110 Å². The molecule has 3 aromatic carbocycles. The first-order valence-corrected chi connectivity index (χ1v) is 20.5. The Morgan fingerprint density at radius 1 is 0.793 bits per heavy atom. The highest BCUT2D eigenvalue weighted by Crippen LogP contribution is 2.37. The maximum atomic E-state index is 6.16. The molecule has 5 aromatic rings. The molecule has 0 unspecified atom stereocenters. The summed E-state index contributed by atoms with van der Waals surface area (Å²) in [6, 6.07) is 22.8. The molecule has 0 amide bonds. The number of fused-ring (bicyclic) bond motifs is 1. The van der Waals surface area contributed by atoms with E-state index in [-0.39, 0.29) is 0 Å². The van der Waals surface area contributed by atoms with Gasteiger partial charge in [-0.1, -0.05) is 37.3 Å². The highest BCUT2D eigenvalue weighted by atomic mass is 32.1. The van der Waals surface area contributed by atoms with Crippen LogP contribution in [0.5, 0.6) is 11.5 Å². The van der Waals surface area contributed by atoms with Crippen molar-refractivity contribution in [2.45, 2.75) is 33.4 Å². The van der Waals surface area contributed by atoms with E-state index in [4.69, 9.17) is 46.4 Å². The second-order valence-electron chi connectivity index (χ2n) is 14.9. The summed E-state index contributed by atoms with van der Waals surface area (Å²) in [7, 11) is 3.35. The SMILES string of the molecule is CCN1CCN(c2ccc(C)c(NC(=S)N3CCc4c(-c5cnc(N(Cc6ccc(OC)cc6)Cc6ccc(OC)cc6)nc5)nc(N5CCOCC5)nc43)c2)CC1. The molecule has 1 N–H and O–H groups in total.